The van der Waals surface area contributed by atoms with Crippen LogP contribution in [0.5, 0.6) is 11.5 Å². The van der Waals surface area contributed by atoms with E-state index in [9.17, 15) is 14.7 Å². The second-order valence-electron chi connectivity index (χ2n) is 7.41. The third kappa shape index (κ3) is 8.34. The average molecular weight is 446 g/mol. The van der Waals surface area contributed by atoms with E-state index in [1.807, 2.05) is 30.3 Å². The number of benzene rings is 2. The van der Waals surface area contributed by atoms with Crippen LogP contribution in [0.25, 0.3) is 11.0 Å². The summed E-state index contributed by atoms with van der Waals surface area (Å²) in [4.78, 5) is 22.9. The molecule has 1 aromatic heterocycles. The third-order valence-electron chi connectivity index (χ3n) is 4.97. The minimum absolute atomic E-state index is 0. The molecule has 0 bridgehead atoms. The van der Waals surface area contributed by atoms with Gasteiger partial charge in [-0.2, -0.15) is 0 Å². The van der Waals surface area contributed by atoms with Crippen molar-refractivity contribution in [1.29, 1.82) is 0 Å². The molecule has 6 nitrogen and oxygen atoms in total. The molecule has 1 heterocycles. The van der Waals surface area contributed by atoms with Gasteiger partial charge in [-0.05, 0) is 37.1 Å². The van der Waals surface area contributed by atoms with Crippen molar-refractivity contribution in [2.75, 3.05) is 13.2 Å². The Morgan fingerprint density at radius 2 is 1.38 bits per heavy atom. The van der Waals surface area contributed by atoms with E-state index >= 15 is 0 Å². The summed E-state index contributed by atoms with van der Waals surface area (Å²) in [6.45, 7) is 1.31. The molecule has 32 heavy (non-hydrogen) atoms. The number of fused-ring (bicyclic) bond motifs is 1. The summed E-state index contributed by atoms with van der Waals surface area (Å²) in [5, 5.41) is 11.2. The molecular weight excluding hydrogens is 419 g/mol. The topological polar surface area (TPSA) is 88.8 Å². The molecule has 0 unspecified atom stereocenters. The predicted molar refractivity (Wildman–Crippen MR) is 117 cm³/mol. The van der Waals surface area contributed by atoms with E-state index in [0.29, 0.717) is 17.7 Å². The molecule has 3 rings (SSSR count). The van der Waals surface area contributed by atoms with E-state index in [4.69, 9.17) is 13.9 Å². The molecule has 0 spiro atoms. The third-order valence-corrected chi connectivity index (χ3v) is 4.97. The number of carbonyl (C=O) groups excluding carboxylic acids is 1. The summed E-state index contributed by atoms with van der Waals surface area (Å²) in [6.07, 6.45) is 7.79. The number of rotatable bonds is 13. The Balaban J connectivity index is 0.00000363. The van der Waals surface area contributed by atoms with Gasteiger partial charge in [-0.25, -0.2) is 0 Å². The first-order chi connectivity index (χ1) is 15.1. The van der Waals surface area contributed by atoms with Gasteiger partial charge in [0, 0.05) is 12.1 Å². The fourth-order valence-corrected chi connectivity index (χ4v) is 3.31. The van der Waals surface area contributed by atoms with Gasteiger partial charge >= 0.3 is 29.6 Å². The van der Waals surface area contributed by atoms with Crippen molar-refractivity contribution in [3.05, 3.63) is 70.6 Å². The smallest absolute Gasteiger partial charge is 0.542 e. The zero-order chi connectivity index (χ0) is 21.9. The average Bonchev–Trinajstić information content (AvgIpc) is 2.78. The Hall–Kier alpha value is -2.28. The van der Waals surface area contributed by atoms with Gasteiger partial charge in [0.05, 0.1) is 18.6 Å². The zero-order valence-corrected chi connectivity index (χ0v) is 20.5. The monoisotopic (exact) mass is 446 g/mol. The fourth-order valence-electron chi connectivity index (χ4n) is 3.31. The second-order valence-corrected chi connectivity index (χ2v) is 7.41. The summed E-state index contributed by atoms with van der Waals surface area (Å²) < 4.78 is 16.6. The first-order valence-corrected chi connectivity index (χ1v) is 10.7. The molecule has 0 aliphatic rings. The first-order valence-electron chi connectivity index (χ1n) is 10.7. The van der Waals surface area contributed by atoms with Crippen molar-refractivity contribution in [1.82, 2.24) is 0 Å². The number of carboxylic acids is 1. The van der Waals surface area contributed by atoms with Crippen LogP contribution in [0.1, 0.15) is 55.5 Å². The molecule has 0 atom stereocenters. The van der Waals surface area contributed by atoms with Crippen molar-refractivity contribution in [3.63, 3.8) is 0 Å². The summed E-state index contributed by atoms with van der Waals surface area (Å²) in [6, 6.07) is 15.6. The molecule has 0 fully saturated rings. The maximum absolute atomic E-state index is 11.9. The van der Waals surface area contributed by atoms with Crippen LogP contribution in [-0.2, 0) is 0 Å². The van der Waals surface area contributed by atoms with Crippen LogP contribution in [0.4, 0.5) is 0 Å². The number of ether oxygens (including phenoxy) is 2. The normalized spacial score (nSPS) is 10.5. The van der Waals surface area contributed by atoms with Crippen LogP contribution >= 0.6 is 0 Å². The number of para-hydroxylation sites is 1. The van der Waals surface area contributed by atoms with Gasteiger partial charge in [0.15, 0.2) is 11.2 Å². The molecule has 0 saturated heterocycles. The van der Waals surface area contributed by atoms with Gasteiger partial charge < -0.3 is 23.8 Å². The molecule has 0 amide bonds. The van der Waals surface area contributed by atoms with Gasteiger partial charge in [-0.1, -0.05) is 50.3 Å². The molecule has 0 aliphatic carbocycles. The Bertz CT molecular complexity index is 1030. The molecule has 164 valence electrons. The van der Waals surface area contributed by atoms with Gasteiger partial charge in [0.1, 0.15) is 23.1 Å². The van der Waals surface area contributed by atoms with E-state index in [1.165, 1.54) is 19.3 Å². The second kappa shape index (κ2) is 14.0. The molecule has 0 N–H and O–H groups in total. The molecule has 0 aliphatic heterocycles. The van der Waals surface area contributed by atoms with Crippen molar-refractivity contribution in [3.8, 4) is 11.5 Å². The van der Waals surface area contributed by atoms with Crippen LogP contribution in [0.3, 0.4) is 0 Å². The first kappa shape index (κ1) is 26.0. The standard InChI is InChI=1S/C25H28O6.Na/c26-22-18-24(25(27)28)31-23-17-20(13-14-21(22)23)30-16-10-5-3-1-2-4-9-15-29-19-11-7-6-8-12-19;/h6-8,11-14,17-18H,1-5,9-10,15-16H2,(H,27,28);/q;+1/p-1. The van der Waals surface area contributed by atoms with Gasteiger partial charge in [0.25, 0.3) is 0 Å². The zero-order valence-electron chi connectivity index (χ0n) is 18.5. The van der Waals surface area contributed by atoms with Crippen LogP contribution < -0.4 is 49.6 Å². The SMILES string of the molecule is O=C([O-])c1cc(=O)c2ccc(OCCCCCCCCCOc3ccccc3)cc2o1.[Na+]. The molecule has 0 saturated carbocycles. The van der Waals surface area contributed by atoms with Crippen molar-refractivity contribution in [2.24, 2.45) is 0 Å². The molecule has 7 heteroatoms. The molecule has 2 aromatic carbocycles. The molecule has 0 radical (unpaired) electrons. The van der Waals surface area contributed by atoms with Crippen LogP contribution in [-0.4, -0.2) is 19.2 Å². The number of aromatic carboxylic acids is 1. The Morgan fingerprint density at radius 1 is 0.781 bits per heavy atom. The van der Waals surface area contributed by atoms with Gasteiger partial charge in [-0.3, -0.25) is 4.79 Å². The van der Waals surface area contributed by atoms with E-state index in [-0.39, 0.29) is 35.1 Å². The van der Waals surface area contributed by atoms with E-state index < -0.39 is 17.2 Å². The van der Waals surface area contributed by atoms with Crippen molar-refractivity contribution in [2.45, 2.75) is 44.9 Å². The number of carboxylic acid groups (broad SMARTS) is 1. The largest absolute Gasteiger partial charge is 1.00 e. The summed E-state index contributed by atoms with van der Waals surface area (Å²) in [7, 11) is 0. The fraction of sp³-hybridized carbons (Fsp3) is 0.360. The Morgan fingerprint density at radius 3 is 2.00 bits per heavy atom. The van der Waals surface area contributed by atoms with E-state index in [2.05, 4.69) is 0 Å². The van der Waals surface area contributed by atoms with Crippen molar-refractivity contribution < 1.29 is 53.3 Å². The Labute approximate surface area is 209 Å². The maximum Gasteiger partial charge on any atom is 1.00 e. The number of unbranched alkanes of at least 4 members (excludes halogenated alkanes) is 6. The molecule has 3 aromatic rings. The number of hydrogen-bond donors (Lipinski definition) is 0. The van der Waals surface area contributed by atoms with Gasteiger partial charge in [0.2, 0.25) is 0 Å². The number of hydrogen-bond acceptors (Lipinski definition) is 6. The molecular formula is C25H27NaO6. The van der Waals surface area contributed by atoms with Gasteiger partial charge in [-0.15, -0.1) is 0 Å². The van der Waals surface area contributed by atoms with Crippen LogP contribution in [0.2, 0.25) is 0 Å². The summed E-state index contributed by atoms with van der Waals surface area (Å²) in [5.74, 6) is -0.532. The number of carbonyl (C=O) groups is 1. The summed E-state index contributed by atoms with van der Waals surface area (Å²) >= 11 is 0. The van der Waals surface area contributed by atoms with E-state index in [1.54, 1.807) is 18.2 Å². The minimum atomic E-state index is -1.52. The minimum Gasteiger partial charge on any atom is -0.542 e. The maximum atomic E-state index is 11.9. The Kier molecular flexibility index (Phi) is 11.4. The predicted octanol–water partition coefficient (Wildman–Crippen LogP) is 1.35. The summed E-state index contributed by atoms with van der Waals surface area (Å²) in [5.41, 5.74) is -0.237. The van der Waals surface area contributed by atoms with Crippen molar-refractivity contribution >= 4 is 16.9 Å². The van der Waals surface area contributed by atoms with Crippen LogP contribution in [0, 0.1) is 0 Å². The van der Waals surface area contributed by atoms with E-state index in [0.717, 1.165) is 44.1 Å². The quantitative estimate of drug-likeness (QED) is 0.291. The van der Waals surface area contributed by atoms with Crippen LogP contribution in [0.15, 0.2) is 63.8 Å².